The normalized spacial score (nSPS) is 13.0. The molecule has 2 amide bonds. The molecule has 1 aliphatic heterocycles. The fraction of sp³-hybridized carbons (Fsp3) is 0.0769. The number of halogens is 1. The summed E-state index contributed by atoms with van der Waals surface area (Å²) in [5.74, 6) is -1.51. The third-order valence-corrected chi connectivity index (χ3v) is 5.58. The highest BCUT2D eigenvalue weighted by Crippen LogP contribution is 2.30. The van der Waals surface area contributed by atoms with Crippen molar-refractivity contribution >= 4 is 46.7 Å². The monoisotopic (exact) mass is 506 g/mol. The summed E-state index contributed by atoms with van der Waals surface area (Å²) in [6.45, 7) is 0. The van der Waals surface area contributed by atoms with Crippen LogP contribution in [0.25, 0.3) is 0 Å². The van der Waals surface area contributed by atoms with E-state index in [1.807, 2.05) is 0 Å². The van der Waals surface area contributed by atoms with Gasteiger partial charge in [-0.15, -0.1) is 0 Å². The molecule has 0 bridgehead atoms. The first kappa shape index (κ1) is 24.5. The van der Waals surface area contributed by atoms with Crippen molar-refractivity contribution in [2.24, 2.45) is 0 Å². The van der Waals surface area contributed by atoms with E-state index in [-0.39, 0.29) is 27.5 Å². The summed E-state index contributed by atoms with van der Waals surface area (Å²) < 4.78 is 15.1. The van der Waals surface area contributed by atoms with Crippen LogP contribution in [0.2, 0.25) is 0 Å². The zero-order chi connectivity index (χ0) is 25.8. The average Bonchev–Trinajstić information content (AvgIpc) is 3.12. The Morgan fingerprint density at radius 1 is 0.750 bits per heavy atom. The average molecular weight is 507 g/mol. The molecule has 0 aromatic heterocycles. The minimum atomic E-state index is -0.713. The van der Waals surface area contributed by atoms with Crippen molar-refractivity contribution in [2.75, 3.05) is 24.4 Å². The van der Waals surface area contributed by atoms with E-state index in [9.17, 15) is 19.2 Å². The molecule has 0 spiro atoms. The molecule has 1 heterocycles. The van der Waals surface area contributed by atoms with Gasteiger partial charge in [-0.1, -0.05) is 11.6 Å². The van der Waals surface area contributed by atoms with E-state index in [4.69, 9.17) is 21.1 Å². The molecule has 1 aliphatic rings. The molecule has 0 radical (unpaired) electrons. The van der Waals surface area contributed by atoms with Crippen LogP contribution in [0.5, 0.6) is 11.5 Å². The van der Waals surface area contributed by atoms with E-state index in [1.165, 1.54) is 50.6 Å². The maximum Gasteiger partial charge on any atom is 0.343 e. The van der Waals surface area contributed by atoms with Crippen molar-refractivity contribution in [3.63, 3.8) is 0 Å². The molecule has 36 heavy (non-hydrogen) atoms. The highest BCUT2D eigenvalue weighted by atomic mass is 35.5. The summed E-state index contributed by atoms with van der Waals surface area (Å²) in [5, 5.41) is 2.54. The number of nitrogens with one attached hydrogen (secondary N) is 1. The number of hydrogen-bond donors (Lipinski definition) is 1. The second kappa shape index (κ2) is 10.3. The maximum atomic E-state index is 13.0. The number of methoxy groups -OCH3 is 2. The van der Waals surface area contributed by atoms with Crippen molar-refractivity contribution in [2.45, 2.75) is 0 Å². The van der Waals surface area contributed by atoms with Crippen LogP contribution >= 0.6 is 11.6 Å². The molecule has 3 aromatic rings. The third kappa shape index (κ3) is 4.91. The van der Waals surface area contributed by atoms with Gasteiger partial charge in [0.2, 0.25) is 0 Å². The quantitative estimate of drug-likeness (QED) is 0.289. The summed E-state index contributed by atoms with van der Waals surface area (Å²) in [6, 6.07) is 18.4. The van der Waals surface area contributed by atoms with Crippen LogP contribution in [0.15, 0.2) is 83.5 Å². The van der Waals surface area contributed by atoms with E-state index >= 15 is 0 Å². The Hall–Kier alpha value is -4.63. The number of carbonyl (C=O) groups is 4. The second-order valence-corrected chi connectivity index (χ2v) is 7.82. The van der Waals surface area contributed by atoms with Crippen molar-refractivity contribution in [1.29, 1.82) is 0 Å². The van der Waals surface area contributed by atoms with Crippen molar-refractivity contribution < 1.29 is 33.4 Å². The van der Waals surface area contributed by atoms with Crippen molar-refractivity contribution in [3.05, 3.63) is 94.7 Å². The Morgan fingerprint density at radius 3 is 1.89 bits per heavy atom. The van der Waals surface area contributed by atoms with Crippen molar-refractivity contribution in [1.82, 2.24) is 0 Å². The van der Waals surface area contributed by atoms with E-state index < -0.39 is 23.8 Å². The largest absolute Gasteiger partial charge is 0.497 e. The Labute approximate surface area is 210 Å². The van der Waals surface area contributed by atoms with Gasteiger partial charge in [-0.25, -0.2) is 14.5 Å². The number of carbonyl (C=O) groups excluding carboxylic acids is 4. The predicted molar refractivity (Wildman–Crippen MR) is 131 cm³/mol. The first-order valence-electron chi connectivity index (χ1n) is 10.5. The summed E-state index contributed by atoms with van der Waals surface area (Å²) in [6.07, 6.45) is 0. The second-order valence-electron chi connectivity index (χ2n) is 7.44. The highest BCUT2D eigenvalue weighted by molar-refractivity contribution is 6.53. The first-order valence-corrected chi connectivity index (χ1v) is 10.9. The van der Waals surface area contributed by atoms with Crippen LogP contribution in [0.1, 0.15) is 20.7 Å². The molecule has 10 heteroatoms. The lowest BCUT2D eigenvalue weighted by atomic mass is 10.2. The lowest BCUT2D eigenvalue weighted by molar-refractivity contribution is -0.120. The topological polar surface area (TPSA) is 111 Å². The van der Waals surface area contributed by atoms with E-state index in [0.29, 0.717) is 17.2 Å². The maximum absolute atomic E-state index is 13.0. The molecular weight excluding hydrogens is 488 g/mol. The van der Waals surface area contributed by atoms with Crippen LogP contribution < -0.4 is 19.7 Å². The minimum Gasteiger partial charge on any atom is -0.497 e. The van der Waals surface area contributed by atoms with E-state index in [1.54, 1.807) is 36.4 Å². The Bertz CT molecular complexity index is 1360. The van der Waals surface area contributed by atoms with Gasteiger partial charge in [0, 0.05) is 5.69 Å². The Kier molecular flexibility index (Phi) is 7.03. The van der Waals surface area contributed by atoms with Crippen molar-refractivity contribution in [3.8, 4) is 11.5 Å². The van der Waals surface area contributed by atoms with Crippen LogP contribution in [0.3, 0.4) is 0 Å². The van der Waals surface area contributed by atoms with Gasteiger partial charge in [0.1, 0.15) is 22.2 Å². The van der Waals surface area contributed by atoms with Gasteiger partial charge in [-0.2, -0.15) is 0 Å². The number of anilines is 2. The molecular formula is C26H19ClN2O7. The summed E-state index contributed by atoms with van der Waals surface area (Å²) in [5.41, 5.74) is 1.09. The zero-order valence-corrected chi connectivity index (χ0v) is 19.9. The fourth-order valence-corrected chi connectivity index (χ4v) is 3.57. The number of nitrogens with zero attached hydrogens (tertiary/aromatic N) is 1. The number of benzene rings is 3. The first-order chi connectivity index (χ1) is 17.3. The lowest BCUT2D eigenvalue weighted by Crippen LogP contribution is -2.32. The Morgan fingerprint density at radius 2 is 1.31 bits per heavy atom. The van der Waals surface area contributed by atoms with Gasteiger partial charge < -0.3 is 19.5 Å². The van der Waals surface area contributed by atoms with Gasteiger partial charge in [0.05, 0.1) is 31.0 Å². The third-order valence-electron chi connectivity index (χ3n) is 5.23. The molecule has 0 saturated carbocycles. The molecule has 0 atom stereocenters. The molecule has 1 N–H and O–H groups in total. The van der Waals surface area contributed by atoms with Gasteiger partial charge >= 0.3 is 11.9 Å². The summed E-state index contributed by atoms with van der Waals surface area (Å²) >= 11 is 6.16. The summed E-state index contributed by atoms with van der Waals surface area (Å²) in [7, 11) is 2.79. The number of ether oxygens (including phenoxy) is 3. The number of rotatable bonds is 7. The summed E-state index contributed by atoms with van der Waals surface area (Å²) in [4.78, 5) is 50.6. The minimum absolute atomic E-state index is 0.118. The highest BCUT2D eigenvalue weighted by Gasteiger charge is 2.39. The van der Waals surface area contributed by atoms with E-state index in [2.05, 4.69) is 10.1 Å². The number of imide groups is 1. The zero-order valence-electron chi connectivity index (χ0n) is 19.1. The number of esters is 2. The lowest BCUT2D eigenvalue weighted by Gasteiger charge is -2.15. The molecule has 0 fully saturated rings. The Balaban J connectivity index is 1.45. The predicted octanol–water partition coefficient (Wildman–Crippen LogP) is 4.14. The molecule has 4 rings (SSSR count). The smallest absolute Gasteiger partial charge is 0.343 e. The number of amides is 2. The molecule has 3 aromatic carbocycles. The van der Waals surface area contributed by atoms with E-state index in [0.717, 1.165) is 4.90 Å². The molecule has 9 nitrogen and oxygen atoms in total. The van der Waals surface area contributed by atoms with Crippen LogP contribution in [-0.4, -0.2) is 38.0 Å². The molecule has 0 unspecified atom stereocenters. The van der Waals surface area contributed by atoms with Gasteiger partial charge in [-0.3, -0.25) is 9.59 Å². The standard InChI is InChI=1S/C26H19ClN2O7/c1-34-19-11-13-20(14-12-19)36-26(33)16-3-7-17(8-4-16)28-22-21(27)23(30)29(24(22)31)18-9-5-15(6-10-18)25(32)35-2/h3-14,28H,1-2H3. The van der Waals surface area contributed by atoms with Gasteiger partial charge in [0.25, 0.3) is 11.8 Å². The van der Waals surface area contributed by atoms with Crippen LogP contribution in [0, 0.1) is 0 Å². The fourth-order valence-electron chi connectivity index (χ4n) is 3.35. The van der Waals surface area contributed by atoms with Crippen LogP contribution in [0.4, 0.5) is 11.4 Å². The van der Waals surface area contributed by atoms with Gasteiger partial charge in [-0.05, 0) is 72.8 Å². The van der Waals surface area contributed by atoms with Gasteiger partial charge in [0.15, 0.2) is 0 Å². The number of hydrogen-bond acceptors (Lipinski definition) is 8. The molecule has 0 aliphatic carbocycles. The SMILES string of the molecule is COC(=O)c1ccc(N2C(=O)C(Cl)=C(Nc3ccc(C(=O)Oc4ccc(OC)cc4)cc3)C2=O)cc1. The molecule has 0 saturated heterocycles. The molecule has 182 valence electrons. The van der Waals surface area contributed by atoms with Crippen LogP contribution in [-0.2, 0) is 14.3 Å².